The van der Waals surface area contributed by atoms with Gasteiger partial charge in [-0.1, -0.05) is 0 Å². The number of amides is 1. The predicted molar refractivity (Wildman–Crippen MR) is 79.6 cm³/mol. The Balaban J connectivity index is 1.99. The molecule has 1 aliphatic heterocycles. The zero-order valence-electron chi connectivity index (χ0n) is 11.1. The van der Waals surface area contributed by atoms with Gasteiger partial charge in [-0.2, -0.15) is 11.8 Å². The second-order valence-corrected chi connectivity index (χ2v) is 6.16. The van der Waals surface area contributed by atoms with Crippen LogP contribution < -0.4 is 5.32 Å². The number of carbonyl (C=O) groups excluding carboxylic acids is 1. The molecule has 0 unspecified atom stereocenters. The van der Waals surface area contributed by atoms with Crippen LogP contribution in [0.3, 0.4) is 0 Å². The van der Waals surface area contributed by atoms with E-state index in [2.05, 4.69) is 10.3 Å². The number of hydrogen-bond donors (Lipinski definition) is 1. The Bertz CT molecular complexity index is 663. The summed E-state index contributed by atoms with van der Waals surface area (Å²) in [6.07, 6.45) is 1.01. The number of carbonyl (C=O) groups is 1. The van der Waals surface area contributed by atoms with Crippen LogP contribution in [-0.4, -0.2) is 28.4 Å². The molecule has 104 valence electrons. The quantitative estimate of drug-likeness (QED) is 0.924. The van der Waals surface area contributed by atoms with Crippen LogP contribution in [-0.2, 0) is 0 Å². The summed E-state index contributed by atoms with van der Waals surface area (Å²) < 4.78 is 13.3. The maximum atomic E-state index is 13.3. The SMILES string of the molecule is Cc1cc(C(=O)N[C@@H]2CCSC2)c2ccc(F)cc2n1. The highest BCUT2D eigenvalue weighted by Crippen LogP contribution is 2.21. The van der Waals surface area contributed by atoms with E-state index in [9.17, 15) is 9.18 Å². The number of thioether (sulfide) groups is 1. The minimum atomic E-state index is -0.339. The van der Waals surface area contributed by atoms with Crippen molar-refractivity contribution in [1.29, 1.82) is 0 Å². The highest BCUT2D eigenvalue weighted by molar-refractivity contribution is 7.99. The van der Waals surface area contributed by atoms with E-state index in [1.807, 2.05) is 18.7 Å². The van der Waals surface area contributed by atoms with Crippen molar-refractivity contribution in [2.24, 2.45) is 0 Å². The zero-order valence-corrected chi connectivity index (χ0v) is 12.0. The number of benzene rings is 1. The van der Waals surface area contributed by atoms with Crippen molar-refractivity contribution in [1.82, 2.24) is 10.3 Å². The third-order valence-electron chi connectivity index (χ3n) is 3.41. The minimum Gasteiger partial charge on any atom is -0.348 e. The maximum absolute atomic E-state index is 13.3. The molecule has 0 bridgehead atoms. The summed E-state index contributed by atoms with van der Waals surface area (Å²) in [5.41, 5.74) is 1.81. The van der Waals surface area contributed by atoms with E-state index in [0.29, 0.717) is 22.2 Å². The zero-order chi connectivity index (χ0) is 14.1. The van der Waals surface area contributed by atoms with E-state index >= 15 is 0 Å². The molecule has 1 fully saturated rings. The number of hydrogen-bond acceptors (Lipinski definition) is 3. The topological polar surface area (TPSA) is 42.0 Å². The lowest BCUT2D eigenvalue weighted by atomic mass is 10.1. The summed E-state index contributed by atoms with van der Waals surface area (Å²) in [4.78, 5) is 16.7. The van der Waals surface area contributed by atoms with Gasteiger partial charge in [0, 0.05) is 28.9 Å². The summed E-state index contributed by atoms with van der Waals surface area (Å²) in [6, 6.07) is 6.34. The number of rotatable bonds is 2. The number of nitrogens with one attached hydrogen (secondary N) is 1. The maximum Gasteiger partial charge on any atom is 0.252 e. The van der Waals surface area contributed by atoms with Crippen LogP contribution in [0.2, 0.25) is 0 Å². The van der Waals surface area contributed by atoms with E-state index in [1.165, 1.54) is 12.1 Å². The first-order valence-corrected chi connectivity index (χ1v) is 7.74. The van der Waals surface area contributed by atoms with E-state index < -0.39 is 0 Å². The number of nitrogens with zero attached hydrogens (tertiary/aromatic N) is 1. The van der Waals surface area contributed by atoms with Crippen molar-refractivity contribution >= 4 is 28.6 Å². The number of pyridine rings is 1. The molecule has 2 aromatic rings. The third-order valence-corrected chi connectivity index (χ3v) is 4.57. The molecular weight excluding hydrogens is 275 g/mol. The van der Waals surface area contributed by atoms with Crippen LogP contribution >= 0.6 is 11.8 Å². The highest BCUT2D eigenvalue weighted by atomic mass is 32.2. The highest BCUT2D eigenvalue weighted by Gasteiger charge is 2.20. The lowest BCUT2D eigenvalue weighted by molar-refractivity contribution is 0.0942. The molecule has 0 radical (unpaired) electrons. The van der Waals surface area contributed by atoms with Gasteiger partial charge in [0.1, 0.15) is 5.82 Å². The molecule has 2 heterocycles. The first-order chi connectivity index (χ1) is 9.63. The van der Waals surface area contributed by atoms with Gasteiger partial charge < -0.3 is 5.32 Å². The van der Waals surface area contributed by atoms with Crippen LogP contribution in [0, 0.1) is 12.7 Å². The molecule has 5 heteroatoms. The number of aryl methyl sites for hydroxylation is 1. The second kappa shape index (κ2) is 5.40. The van der Waals surface area contributed by atoms with Gasteiger partial charge in [-0.3, -0.25) is 9.78 Å². The van der Waals surface area contributed by atoms with E-state index in [-0.39, 0.29) is 17.8 Å². The fourth-order valence-electron chi connectivity index (χ4n) is 2.43. The van der Waals surface area contributed by atoms with Crippen molar-refractivity contribution in [3.05, 3.63) is 41.3 Å². The molecule has 1 aromatic carbocycles. The van der Waals surface area contributed by atoms with Crippen molar-refractivity contribution in [3.63, 3.8) is 0 Å². The first kappa shape index (κ1) is 13.4. The van der Waals surface area contributed by atoms with Crippen molar-refractivity contribution in [3.8, 4) is 0 Å². The Labute approximate surface area is 121 Å². The molecule has 0 saturated carbocycles. The van der Waals surface area contributed by atoms with Gasteiger partial charge in [0.05, 0.1) is 11.1 Å². The van der Waals surface area contributed by atoms with Gasteiger partial charge in [0.15, 0.2) is 0 Å². The lowest BCUT2D eigenvalue weighted by Gasteiger charge is -2.13. The average molecular weight is 290 g/mol. The summed E-state index contributed by atoms with van der Waals surface area (Å²) in [6.45, 7) is 1.81. The molecule has 1 atom stereocenters. The largest absolute Gasteiger partial charge is 0.348 e. The first-order valence-electron chi connectivity index (χ1n) is 6.59. The van der Waals surface area contributed by atoms with Gasteiger partial charge in [0.2, 0.25) is 0 Å². The average Bonchev–Trinajstić information content (AvgIpc) is 2.90. The smallest absolute Gasteiger partial charge is 0.252 e. The Hall–Kier alpha value is -1.62. The van der Waals surface area contributed by atoms with E-state index in [0.717, 1.165) is 17.9 Å². The Morgan fingerprint density at radius 3 is 3.05 bits per heavy atom. The van der Waals surface area contributed by atoms with Gasteiger partial charge in [-0.25, -0.2) is 4.39 Å². The Morgan fingerprint density at radius 2 is 2.30 bits per heavy atom. The van der Waals surface area contributed by atoms with Crippen LogP contribution in [0.1, 0.15) is 22.5 Å². The molecule has 1 aliphatic rings. The monoisotopic (exact) mass is 290 g/mol. The number of aromatic nitrogens is 1. The fourth-order valence-corrected chi connectivity index (χ4v) is 3.59. The van der Waals surface area contributed by atoms with Crippen LogP contribution in [0.15, 0.2) is 24.3 Å². The van der Waals surface area contributed by atoms with Gasteiger partial charge in [0.25, 0.3) is 5.91 Å². The minimum absolute atomic E-state index is 0.0976. The second-order valence-electron chi connectivity index (χ2n) is 5.01. The third kappa shape index (κ3) is 2.63. The molecule has 20 heavy (non-hydrogen) atoms. The molecule has 1 saturated heterocycles. The van der Waals surface area contributed by atoms with E-state index in [4.69, 9.17) is 0 Å². The summed E-state index contributed by atoms with van der Waals surface area (Å²) >= 11 is 1.85. The molecule has 3 nitrogen and oxygen atoms in total. The normalized spacial score (nSPS) is 18.4. The van der Waals surface area contributed by atoms with Gasteiger partial charge in [-0.15, -0.1) is 0 Å². The summed E-state index contributed by atoms with van der Waals surface area (Å²) in [5, 5.41) is 3.74. The Kier molecular flexibility index (Phi) is 3.61. The molecule has 1 amide bonds. The van der Waals surface area contributed by atoms with Gasteiger partial charge in [-0.05, 0) is 37.3 Å². The van der Waals surface area contributed by atoms with Crippen molar-refractivity contribution in [2.45, 2.75) is 19.4 Å². The van der Waals surface area contributed by atoms with E-state index in [1.54, 1.807) is 12.1 Å². The van der Waals surface area contributed by atoms with Crippen LogP contribution in [0.4, 0.5) is 4.39 Å². The summed E-state index contributed by atoms with van der Waals surface area (Å²) in [7, 11) is 0. The van der Waals surface area contributed by atoms with Crippen molar-refractivity contribution < 1.29 is 9.18 Å². The molecule has 1 N–H and O–H groups in total. The fraction of sp³-hybridized carbons (Fsp3) is 0.333. The standard InChI is InChI=1S/C15H15FN2OS/c1-9-6-13(15(19)18-11-4-5-20-8-11)12-3-2-10(16)7-14(12)17-9/h2-3,6-7,11H,4-5,8H2,1H3,(H,18,19)/t11-/m1/s1. The van der Waals surface area contributed by atoms with Crippen LogP contribution in [0.25, 0.3) is 10.9 Å². The summed E-state index contributed by atoms with van der Waals surface area (Å²) in [5.74, 6) is 1.61. The molecule has 0 spiro atoms. The number of fused-ring (bicyclic) bond motifs is 1. The molecule has 1 aromatic heterocycles. The molecule has 0 aliphatic carbocycles. The molecular formula is C15H15FN2OS. The molecule has 3 rings (SSSR count). The number of halogens is 1. The predicted octanol–water partition coefficient (Wildman–Crippen LogP) is 2.92. The van der Waals surface area contributed by atoms with Gasteiger partial charge >= 0.3 is 0 Å². The van der Waals surface area contributed by atoms with Crippen molar-refractivity contribution in [2.75, 3.05) is 11.5 Å². The van der Waals surface area contributed by atoms with Crippen LogP contribution in [0.5, 0.6) is 0 Å². The Morgan fingerprint density at radius 1 is 1.45 bits per heavy atom. The lowest BCUT2D eigenvalue weighted by Crippen LogP contribution is -2.34.